The van der Waals surface area contributed by atoms with Gasteiger partial charge in [0, 0.05) is 6.61 Å². The molecular formula is C10H16O4. The lowest BCUT2D eigenvalue weighted by molar-refractivity contribution is -0.184. The number of hydrogen-bond acceptors (Lipinski definition) is 3. The average Bonchev–Trinajstić information content (AvgIpc) is 2.47. The highest BCUT2D eigenvalue weighted by Crippen LogP contribution is 2.42. The van der Waals surface area contributed by atoms with Gasteiger partial charge >= 0.3 is 5.97 Å². The Labute approximate surface area is 83.2 Å². The van der Waals surface area contributed by atoms with E-state index in [1.54, 1.807) is 6.92 Å². The second-order valence-electron chi connectivity index (χ2n) is 4.48. The van der Waals surface area contributed by atoms with Gasteiger partial charge < -0.3 is 14.6 Å². The fourth-order valence-corrected chi connectivity index (χ4v) is 2.30. The van der Waals surface area contributed by atoms with Gasteiger partial charge in [-0.2, -0.15) is 0 Å². The van der Waals surface area contributed by atoms with Crippen LogP contribution in [0.25, 0.3) is 0 Å². The van der Waals surface area contributed by atoms with Crippen molar-refractivity contribution < 1.29 is 19.4 Å². The van der Waals surface area contributed by atoms with E-state index in [0.717, 1.165) is 25.9 Å². The average molecular weight is 200 g/mol. The molecule has 2 rings (SSSR count). The van der Waals surface area contributed by atoms with E-state index in [9.17, 15) is 4.79 Å². The largest absolute Gasteiger partial charge is 0.479 e. The molecule has 2 aliphatic heterocycles. The fraction of sp³-hybridized carbons (Fsp3) is 0.900. The molecule has 2 fully saturated rings. The SMILES string of the molecule is CC1(C(=O)O)CCC2(CCCOC2)O1. The third kappa shape index (κ3) is 1.53. The molecule has 2 atom stereocenters. The first-order valence-corrected chi connectivity index (χ1v) is 5.08. The molecule has 0 radical (unpaired) electrons. The minimum absolute atomic E-state index is 0.314. The molecule has 0 aromatic carbocycles. The summed E-state index contributed by atoms with van der Waals surface area (Å²) in [6.07, 6.45) is 3.28. The third-order valence-corrected chi connectivity index (χ3v) is 3.24. The van der Waals surface area contributed by atoms with Gasteiger partial charge in [0.2, 0.25) is 0 Å². The molecule has 2 heterocycles. The molecular weight excluding hydrogens is 184 g/mol. The summed E-state index contributed by atoms with van der Waals surface area (Å²) >= 11 is 0. The predicted molar refractivity (Wildman–Crippen MR) is 49.1 cm³/mol. The maximum atomic E-state index is 11.0. The van der Waals surface area contributed by atoms with Crippen molar-refractivity contribution in [2.75, 3.05) is 13.2 Å². The lowest BCUT2D eigenvalue weighted by Gasteiger charge is -2.34. The van der Waals surface area contributed by atoms with Crippen molar-refractivity contribution in [2.24, 2.45) is 0 Å². The summed E-state index contributed by atoms with van der Waals surface area (Å²) in [5.41, 5.74) is -1.31. The summed E-state index contributed by atoms with van der Waals surface area (Å²) in [6, 6.07) is 0. The Balaban J connectivity index is 2.09. The molecule has 0 amide bonds. The summed E-state index contributed by atoms with van der Waals surface area (Å²) < 4.78 is 11.1. The molecule has 2 unspecified atom stereocenters. The minimum Gasteiger partial charge on any atom is -0.479 e. The van der Waals surface area contributed by atoms with E-state index in [2.05, 4.69) is 0 Å². The van der Waals surface area contributed by atoms with Gasteiger partial charge in [-0.1, -0.05) is 0 Å². The van der Waals surface area contributed by atoms with Crippen molar-refractivity contribution in [3.63, 3.8) is 0 Å². The van der Waals surface area contributed by atoms with Gasteiger partial charge in [-0.15, -0.1) is 0 Å². The Morgan fingerprint density at radius 2 is 2.14 bits per heavy atom. The number of rotatable bonds is 1. The van der Waals surface area contributed by atoms with Crippen LogP contribution in [0.2, 0.25) is 0 Å². The number of carboxylic acids is 1. The highest BCUT2D eigenvalue weighted by molar-refractivity contribution is 5.77. The van der Waals surface area contributed by atoms with Crippen LogP contribution in [0.15, 0.2) is 0 Å². The summed E-state index contributed by atoms with van der Waals surface area (Å²) in [5, 5.41) is 9.02. The van der Waals surface area contributed by atoms with E-state index < -0.39 is 11.6 Å². The Bertz CT molecular complexity index is 245. The van der Waals surface area contributed by atoms with E-state index in [4.69, 9.17) is 14.6 Å². The van der Waals surface area contributed by atoms with Crippen LogP contribution in [0.1, 0.15) is 32.6 Å². The lowest BCUT2D eigenvalue weighted by atomic mass is 9.92. The van der Waals surface area contributed by atoms with E-state index in [1.807, 2.05) is 0 Å². The highest BCUT2D eigenvalue weighted by Gasteiger charge is 2.51. The zero-order valence-corrected chi connectivity index (χ0v) is 8.41. The molecule has 80 valence electrons. The van der Waals surface area contributed by atoms with Crippen LogP contribution in [0.4, 0.5) is 0 Å². The summed E-state index contributed by atoms with van der Waals surface area (Å²) in [6.45, 7) is 2.98. The molecule has 14 heavy (non-hydrogen) atoms. The Morgan fingerprint density at radius 3 is 2.64 bits per heavy atom. The lowest BCUT2D eigenvalue weighted by Crippen LogP contribution is -2.43. The van der Waals surface area contributed by atoms with E-state index >= 15 is 0 Å². The second-order valence-corrected chi connectivity index (χ2v) is 4.48. The molecule has 0 aromatic rings. The number of aliphatic carboxylic acids is 1. The second kappa shape index (κ2) is 3.21. The normalized spacial score (nSPS) is 42.9. The molecule has 4 heteroatoms. The number of ether oxygens (including phenoxy) is 2. The van der Waals surface area contributed by atoms with Gasteiger partial charge in [0.1, 0.15) is 0 Å². The molecule has 0 aliphatic carbocycles. The van der Waals surface area contributed by atoms with Gasteiger partial charge in [-0.05, 0) is 32.6 Å². The fourth-order valence-electron chi connectivity index (χ4n) is 2.30. The maximum Gasteiger partial charge on any atom is 0.335 e. The first kappa shape index (κ1) is 9.93. The van der Waals surface area contributed by atoms with Crippen LogP contribution in [0.3, 0.4) is 0 Å². The van der Waals surface area contributed by atoms with Crippen LogP contribution >= 0.6 is 0 Å². The summed E-state index contributed by atoms with van der Waals surface area (Å²) in [4.78, 5) is 11.0. The molecule has 0 bridgehead atoms. The van der Waals surface area contributed by atoms with Gasteiger partial charge in [0.25, 0.3) is 0 Å². The molecule has 1 spiro atoms. The van der Waals surface area contributed by atoms with E-state index in [0.29, 0.717) is 13.0 Å². The highest BCUT2D eigenvalue weighted by atomic mass is 16.6. The molecule has 2 saturated heterocycles. The van der Waals surface area contributed by atoms with Crippen LogP contribution in [0.5, 0.6) is 0 Å². The van der Waals surface area contributed by atoms with E-state index in [1.165, 1.54) is 0 Å². The van der Waals surface area contributed by atoms with Gasteiger partial charge in [-0.3, -0.25) is 0 Å². The van der Waals surface area contributed by atoms with Crippen molar-refractivity contribution >= 4 is 5.97 Å². The summed E-state index contributed by atoms with van der Waals surface area (Å²) in [5.74, 6) is -0.861. The van der Waals surface area contributed by atoms with E-state index in [-0.39, 0.29) is 5.60 Å². The van der Waals surface area contributed by atoms with Crippen molar-refractivity contribution in [1.29, 1.82) is 0 Å². The molecule has 1 N–H and O–H groups in total. The summed E-state index contributed by atoms with van der Waals surface area (Å²) in [7, 11) is 0. The maximum absolute atomic E-state index is 11.0. The first-order chi connectivity index (χ1) is 6.56. The molecule has 2 aliphatic rings. The molecule has 4 nitrogen and oxygen atoms in total. The monoisotopic (exact) mass is 200 g/mol. The van der Waals surface area contributed by atoms with Gasteiger partial charge in [-0.25, -0.2) is 4.79 Å². The van der Waals surface area contributed by atoms with Crippen molar-refractivity contribution in [3.8, 4) is 0 Å². The quantitative estimate of drug-likeness (QED) is 0.690. The Kier molecular flexibility index (Phi) is 2.27. The first-order valence-electron chi connectivity index (χ1n) is 5.08. The molecule has 0 aromatic heterocycles. The number of hydrogen-bond donors (Lipinski definition) is 1. The Morgan fingerprint density at radius 1 is 1.36 bits per heavy atom. The van der Waals surface area contributed by atoms with Crippen molar-refractivity contribution in [3.05, 3.63) is 0 Å². The van der Waals surface area contributed by atoms with Gasteiger partial charge in [0.05, 0.1) is 12.2 Å². The van der Waals surface area contributed by atoms with Crippen LogP contribution in [-0.4, -0.2) is 35.5 Å². The van der Waals surface area contributed by atoms with Crippen LogP contribution in [-0.2, 0) is 14.3 Å². The molecule has 0 saturated carbocycles. The third-order valence-electron chi connectivity index (χ3n) is 3.24. The number of carboxylic acid groups (broad SMARTS) is 1. The zero-order chi connectivity index (χ0) is 10.2. The minimum atomic E-state index is -0.999. The van der Waals surface area contributed by atoms with Gasteiger partial charge in [0.15, 0.2) is 5.60 Å². The topological polar surface area (TPSA) is 55.8 Å². The standard InChI is InChI=1S/C10H16O4/c1-9(8(11)12)4-5-10(14-9)3-2-6-13-7-10/h2-7H2,1H3,(H,11,12). The van der Waals surface area contributed by atoms with Crippen LogP contribution in [0, 0.1) is 0 Å². The predicted octanol–water partition coefficient (Wildman–Crippen LogP) is 1.19. The van der Waals surface area contributed by atoms with Crippen molar-refractivity contribution in [2.45, 2.75) is 43.8 Å². The van der Waals surface area contributed by atoms with Crippen LogP contribution < -0.4 is 0 Å². The van der Waals surface area contributed by atoms with Crippen molar-refractivity contribution in [1.82, 2.24) is 0 Å². The zero-order valence-electron chi connectivity index (χ0n) is 8.41. The number of carbonyl (C=O) groups is 1. The Hall–Kier alpha value is -0.610. The smallest absolute Gasteiger partial charge is 0.335 e.